The number of rotatable bonds is 3. The molecule has 0 saturated carbocycles. The largest absolute Gasteiger partial charge is 0.481 e. The summed E-state index contributed by atoms with van der Waals surface area (Å²) in [6.45, 7) is 0. The number of hydrogen-bond acceptors (Lipinski definition) is 2. The van der Waals surface area contributed by atoms with Gasteiger partial charge in [0.15, 0.2) is 0 Å². The number of carbonyl (C=O) groups excluding carboxylic acids is 1. The maximum atomic E-state index is 11.0. The summed E-state index contributed by atoms with van der Waals surface area (Å²) in [5, 5.41) is 11.0. The van der Waals surface area contributed by atoms with Crippen molar-refractivity contribution < 1.29 is 14.7 Å². The molecule has 1 amide bonds. The van der Waals surface area contributed by atoms with Gasteiger partial charge in [-0.1, -0.05) is 12.2 Å². The minimum atomic E-state index is -1.09. The highest BCUT2D eigenvalue weighted by Gasteiger charge is 2.13. The number of hydrogen-bond donors (Lipinski definition) is 2. The maximum Gasteiger partial charge on any atom is 0.312 e. The van der Waals surface area contributed by atoms with Crippen molar-refractivity contribution in [2.24, 2.45) is 0 Å². The first kappa shape index (κ1) is 9.77. The van der Waals surface area contributed by atoms with E-state index in [-0.39, 0.29) is 6.04 Å². The van der Waals surface area contributed by atoms with Crippen molar-refractivity contribution in [3.8, 4) is 0 Å². The molecule has 1 atom stereocenters. The molecule has 0 aromatic rings. The fourth-order valence-corrected chi connectivity index (χ4v) is 1.33. The second-order valence-electron chi connectivity index (χ2n) is 3.10. The number of amides is 1. The molecule has 0 fully saturated rings. The molecule has 0 aliphatic heterocycles. The second kappa shape index (κ2) is 4.64. The van der Waals surface area contributed by atoms with Crippen LogP contribution in [0.25, 0.3) is 0 Å². The van der Waals surface area contributed by atoms with Crippen LogP contribution in [0.15, 0.2) is 12.2 Å². The van der Waals surface area contributed by atoms with Crippen LogP contribution in [-0.4, -0.2) is 23.0 Å². The normalized spacial score (nSPS) is 21.1. The van der Waals surface area contributed by atoms with E-state index in [4.69, 9.17) is 5.11 Å². The van der Waals surface area contributed by atoms with Gasteiger partial charge in [0, 0.05) is 6.04 Å². The Morgan fingerprint density at radius 3 is 2.85 bits per heavy atom. The lowest BCUT2D eigenvalue weighted by molar-refractivity contribution is -0.140. The molecule has 1 aliphatic rings. The number of carboxylic acid groups (broad SMARTS) is 1. The lowest BCUT2D eigenvalue weighted by atomic mass is 10.0. The number of allylic oxidation sites excluding steroid dienone is 1. The lowest BCUT2D eigenvalue weighted by Crippen LogP contribution is -2.35. The van der Waals surface area contributed by atoms with Crippen molar-refractivity contribution in [3.63, 3.8) is 0 Å². The van der Waals surface area contributed by atoms with E-state index in [2.05, 4.69) is 5.32 Å². The van der Waals surface area contributed by atoms with Crippen LogP contribution >= 0.6 is 0 Å². The Hall–Kier alpha value is -1.32. The fourth-order valence-electron chi connectivity index (χ4n) is 1.33. The Balaban J connectivity index is 2.30. The van der Waals surface area contributed by atoms with Crippen molar-refractivity contribution in [2.45, 2.75) is 31.7 Å². The van der Waals surface area contributed by atoms with E-state index in [0.29, 0.717) is 0 Å². The molecule has 1 aliphatic carbocycles. The molecular weight excluding hydrogens is 170 g/mol. The van der Waals surface area contributed by atoms with Gasteiger partial charge < -0.3 is 10.4 Å². The topological polar surface area (TPSA) is 66.4 Å². The Morgan fingerprint density at radius 1 is 1.54 bits per heavy atom. The number of nitrogens with one attached hydrogen (secondary N) is 1. The van der Waals surface area contributed by atoms with Crippen LogP contribution in [0.5, 0.6) is 0 Å². The van der Waals surface area contributed by atoms with E-state index in [1.165, 1.54) is 0 Å². The first-order valence-electron chi connectivity index (χ1n) is 4.36. The molecule has 0 aromatic heterocycles. The Bertz CT molecular complexity index is 235. The van der Waals surface area contributed by atoms with Crippen LogP contribution in [0.3, 0.4) is 0 Å². The van der Waals surface area contributed by atoms with Crippen LogP contribution in [0.2, 0.25) is 0 Å². The molecule has 4 nitrogen and oxygen atoms in total. The van der Waals surface area contributed by atoms with Crippen LogP contribution in [0, 0.1) is 0 Å². The summed E-state index contributed by atoms with van der Waals surface area (Å²) in [6, 6.07) is 0.0283. The highest BCUT2D eigenvalue weighted by molar-refractivity contribution is 5.93. The second-order valence-corrected chi connectivity index (χ2v) is 3.10. The lowest BCUT2D eigenvalue weighted by Gasteiger charge is -2.17. The molecule has 0 bridgehead atoms. The molecule has 4 heteroatoms. The van der Waals surface area contributed by atoms with Gasteiger partial charge in [0.25, 0.3) is 0 Å². The fraction of sp³-hybridized carbons (Fsp3) is 0.556. The Morgan fingerprint density at radius 2 is 2.31 bits per heavy atom. The average Bonchev–Trinajstić information content (AvgIpc) is 2.04. The zero-order valence-electron chi connectivity index (χ0n) is 7.32. The quantitative estimate of drug-likeness (QED) is 0.499. The summed E-state index contributed by atoms with van der Waals surface area (Å²) in [7, 11) is 0. The van der Waals surface area contributed by atoms with Gasteiger partial charge in [-0.05, 0) is 19.3 Å². The molecule has 2 N–H and O–H groups in total. The number of carbonyl (C=O) groups is 2. The third kappa shape index (κ3) is 3.73. The van der Waals surface area contributed by atoms with Crippen LogP contribution in [-0.2, 0) is 9.59 Å². The van der Waals surface area contributed by atoms with Crippen LogP contribution < -0.4 is 5.32 Å². The maximum absolute atomic E-state index is 11.0. The van der Waals surface area contributed by atoms with Crippen LogP contribution in [0.4, 0.5) is 0 Å². The summed E-state index contributed by atoms with van der Waals surface area (Å²) in [6.07, 6.45) is 6.49. The average molecular weight is 183 g/mol. The van der Waals surface area contributed by atoms with E-state index < -0.39 is 18.3 Å². The monoisotopic (exact) mass is 183 g/mol. The first-order valence-corrected chi connectivity index (χ1v) is 4.36. The molecule has 13 heavy (non-hydrogen) atoms. The van der Waals surface area contributed by atoms with Crippen molar-refractivity contribution in [2.75, 3.05) is 0 Å². The van der Waals surface area contributed by atoms with E-state index in [1.54, 1.807) is 0 Å². The van der Waals surface area contributed by atoms with Gasteiger partial charge in [-0.25, -0.2) is 0 Å². The van der Waals surface area contributed by atoms with E-state index in [0.717, 1.165) is 19.3 Å². The molecular formula is C9H13NO3. The van der Waals surface area contributed by atoms with E-state index in [1.807, 2.05) is 12.2 Å². The van der Waals surface area contributed by atoms with E-state index >= 15 is 0 Å². The van der Waals surface area contributed by atoms with Crippen molar-refractivity contribution in [3.05, 3.63) is 12.2 Å². The van der Waals surface area contributed by atoms with Gasteiger partial charge in [-0.2, -0.15) is 0 Å². The zero-order chi connectivity index (χ0) is 9.68. The van der Waals surface area contributed by atoms with Gasteiger partial charge in [-0.3, -0.25) is 9.59 Å². The summed E-state index contributed by atoms with van der Waals surface area (Å²) >= 11 is 0. The Kier molecular flexibility index (Phi) is 3.49. The third-order valence-electron chi connectivity index (χ3n) is 1.91. The predicted molar refractivity (Wildman–Crippen MR) is 47.2 cm³/mol. The van der Waals surface area contributed by atoms with E-state index in [9.17, 15) is 9.59 Å². The van der Waals surface area contributed by atoms with Gasteiger partial charge in [0.1, 0.15) is 6.42 Å². The SMILES string of the molecule is O=C(O)CC(=O)NC1C=CCCC1. The molecule has 0 saturated heterocycles. The predicted octanol–water partition coefficient (Wildman–Crippen LogP) is 0.686. The first-order chi connectivity index (χ1) is 6.18. The summed E-state index contributed by atoms with van der Waals surface area (Å²) in [4.78, 5) is 21.2. The molecule has 0 radical (unpaired) electrons. The van der Waals surface area contributed by atoms with Gasteiger partial charge in [0.2, 0.25) is 5.91 Å². The standard InChI is InChI=1S/C9H13NO3/c11-8(6-9(12)13)10-7-4-2-1-3-5-7/h2,4,7H,1,3,5-6H2,(H,10,11)(H,12,13). The third-order valence-corrected chi connectivity index (χ3v) is 1.91. The summed E-state index contributed by atoms with van der Waals surface area (Å²) in [5.74, 6) is -1.50. The smallest absolute Gasteiger partial charge is 0.312 e. The Labute approximate surface area is 76.6 Å². The zero-order valence-corrected chi connectivity index (χ0v) is 7.32. The summed E-state index contributed by atoms with van der Waals surface area (Å²) in [5.41, 5.74) is 0. The number of aliphatic carboxylic acids is 1. The van der Waals surface area contributed by atoms with Crippen LogP contribution in [0.1, 0.15) is 25.7 Å². The van der Waals surface area contributed by atoms with Gasteiger partial charge in [-0.15, -0.1) is 0 Å². The van der Waals surface area contributed by atoms with Crippen molar-refractivity contribution >= 4 is 11.9 Å². The highest BCUT2D eigenvalue weighted by atomic mass is 16.4. The highest BCUT2D eigenvalue weighted by Crippen LogP contribution is 2.09. The number of carboxylic acids is 1. The molecule has 1 rings (SSSR count). The minimum Gasteiger partial charge on any atom is -0.481 e. The molecule has 0 heterocycles. The van der Waals surface area contributed by atoms with Crippen molar-refractivity contribution in [1.29, 1.82) is 0 Å². The molecule has 1 unspecified atom stereocenters. The van der Waals surface area contributed by atoms with Gasteiger partial charge in [0.05, 0.1) is 0 Å². The van der Waals surface area contributed by atoms with Gasteiger partial charge >= 0.3 is 5.97 Å². The molecule has 0 spiro atoms. The molecule has 72 valence electrons. The van der Waals surface area contributed by atoms with Crippen molar-refractivity contribution in [1.82, 2.24) is 5.32 Å². The minimum absolute atomic E-state index is 0.0283. The summed E-state index contributed by atoms with van der Waals surface area (Å²) < 4.78 is 0. The molecule has 0 aromatic carbocycles.